The normalized spacial score (nSPS) is 53.4. The fourth-order valence-corrected chi connectivity index (χ4v) is 1.71. The smallest absolute Gasteiger partial charge is 0.203 e. The molecule has 0 amide bonds. The predicted molar refractivity (Wildman–Crippen MR) is 35.8 cm³/mol. The molecule has 1 N–H and O–H groups in total. The average Bonchev–Trinajstić information content (AvgIpc) is 1.92. The SMILES string of the molecule is [O-][N+]12CCN(CC1)CC2O. The minimum Gasteiger partial charge on any atom is -0.631 e. The van der Waals surface area contributed by atoms with Crippen molar-refractivity contribution in [2.24, 2.45) is 0 Å². The Morgan fingerprint density at radius 1 is 1.40 bits per heavy atom. The molecule has 3 aliphatic heterocycles. The van der Waals surface area contributed by atoms with Crippen LogP contribution in [-0.2, 0) is 0 Å². The third kappa shape index (κ3) is 0.769. The fourth-order valence-electron chi connectivity index (χ4n) is 1.71. The Morgan fingerprint density at radius 2 is 2.00 bits per heavy atom. The first-order chi connectivity index (χ1) is 4.71. The lowest BCUT2D eigenvalue weighted by atomic mass is 10.2. The summed E-state index contributed by atoms with van der Waals surface area (Å²) in [6, 6.07) is 0. The molecule has 0 saturated carbocycles. The number of rotatable bonds is 0. The molecule has 10 heavy (non-hydrogen) atoms. The molecule has 0 aliphatic carbocycles. The highest BCUT2D eigenvalue weighted by Gasteiger charge is 2.39. The molecular weight excluding hydrogens is 132 g/mol. The van der Waals surface area contributed by atoms with Gasteiger partial charge in [0.25, 0.3) is 0 Å². The van der Waals surface area contributed by atoms with E-state index in [2.05, 4.69) is 4.90 Å². The first kappa shape index (κ1) is 6.54. The van der Waals surface area contributed by atoms with Crippen molar-refractivity contribution in [3.05, 3.63) is 5.21 Å². The molecule has 1 unspecified atom stereocenters. The van der Waals surface area contributed by atoms with Crippen LogP contribution in [0.3, 0.4) is 0 Å². The highest BCUT2D eigenvalue weighted by Crippen LogP contribution is 2.21. The number of hydrogen-bond donors (Lipinski definition) is 1. The predicted octanol–water partition coefficient (Wildman–Crippen LogP) is -1.05. The number of nitrogens with zero attached hydrogens (tertiary/aromatic N) is 2. The Balaban J connectivity index is 2.17. The van der Waals surface area contributed by atoms with Crippen LogP contribution in [0.1, 0.15) is 0 Å². The molecule has 1 atom stereocenters. The van der Waals surface area contributed by atoms with Crippen molar-refractivity contribution in [2.45, 2.75) is 6.23 Å². The summed E-state index contributed by atoms with van der Waals surface area (Å²) in [5.74, 6) is 0. The van der Waals surface area contributed by atoms with Crippen molar-refractivity contribution < 1.29 is 9.75 Å². The number of fused-ring (bicyclic) bond motifs is 3. The van der Waals surface area contributed by atoms with Gasteiger partial charge in [-0.05, 0) is 0 Å². The van der Waals surface area contributed by atoms with Gasteiger partial charge >= 0.3 is 0 Å². The molecule has 4 nitrogen and oxygen atoms in total. The Morgan fingerprint density at radius 3 is 2.30 bits per heavy atom. The van der Waals surface area contributed by atoms with Gasteiger partial charge in [0.1, 0.15) is 0 Å². The van der Waals surface area contributed by atoms with Crippen LogP contribution in [0.15, 0.2) is 0 Å². The van der Waals surface area contributed by atoms with Crippen LogP contribution in [0.4, 0.5) is 0 Å². The third-order valence-corrected chi connectivity index (χ3v) is 2.55. The van der Waals surface area contributed by atoms with Gasteiger partial charge in [-0.3, -0.25) is 4.90 Å². The van der Waals surface area contributed by atoms with Gasteiger partial charge in [-0.2, -0.15) is 0 Å². The van der Waals surface area contributed by atoms with E-state index < -0.39 is 6.23 Å². The molecule has 0 aromatic heterocycles. The van der Waals surface area contributed by atoms with Gasteiger partial charge in [-0.15, -0.1) is 0 Å². The van der Waals surface area contributed by atoms with Crippen LogP contribution in [-0.4, -0.2) is 53.6 Å². The van der Waals surface area contributed by atoms with Gasteiger partial charge in [-0.25, -0.2) is 0 Å². The van der Waals surface area contributed by atoms with Crippen LogP contribution in [0, 0.1) is 5.21 Å². The molecule has 3 aliphatic rings. The molecule has 0 radical (unpaired) electrons. The first-order valence-electron chi connectivity index (χ1n) is 3.69. The molecule has 58 valence electrons. The molecule has 0 aromatic rings. The van der Waals surface area contributed by atoms with Crippen LogP contribution in [0.2, 0.25) is 0 Å². The molecule has 3 fully saturated rings. The molecule has 0 aromatic carbocycles. The maximum Gasteiger partial charge on any atom is 0.203 e. The Labute approximate surface area is 59.8 Å². The molecule has 3 rings (SSSR count). The van der Waals surface area contributed by atoms with Crippen molar-refractivity contribution in [1.29, 1.82) is 0 Å². The standard InChI is InChI=1S/C6H12N2O2/c9-6-5-7-1-3-8(6,10)4-2-7/h6,9H,1-5H2. The second-order valence-corrected chi connectivity index (χ2v) is 3.18. The average molecular weight is 144 g/mol. The van der Waals surface area contributed by atoms with Crippen molar-refractivity contribution in [3.63, 3.8) is 0 Å². The lowest BCUT2D eigenvalue weighted by molar-refractivity contribution is -0.941. The van der Waals surface area contributed by atoms with E-state index in [0.717, 1.165) is 13.1 Å². The lowest BCUT2D eigenvalue weighted by Gasteiger charge is -2.56. The van der Waals surface area contributed by atoms with E-state index in [1.165, 1.54) is 0 Å². The molecule has 3 heterocycles. The van der Waals surface area contributed by atoms with Gasteiger partial charge in [0, 0.05) is 13.1 Å². The number of hydrogen-bond acceptors (Lipinski definition) is 3. The number of aliphatic hydroxyl groups excluding tert-OH is 1. The van der Waals surface area contributed by atoms with E-state index in [0.29, 0.717) is 19.6 Å². The number of piperazine rings is 3. The zero-order valence-corrected chi connectivity index (χ0v) is 5.86. The largest absolute Gasteiger partial charge is 0.631 e. The van der Waals surface area contributed by atoms with Crippen molar-refractivity contribution in [3.8, 4) is 0 Å². The summed E-state index contributed by atoms with van der Waals surface area (Å²) in [5.41, 5.74) is 0. The van der Waals surface area contributed by atoms with Crippen molar-refractivity contribution in [1.82, 2.24) is 4.90 Å². The van der Waals surface area contributed by atoms with Crippen molar-refractivity contribution in [2.75, 3.05) is 32.7 Å². The Bertz CT molecular complexity index is 143. The second kappa shape index (κ2) is 1.92. The van der Waals surface area contributed by atoms with Gasteiger partial charge in [-0.1, -0.05) is 0 Å². The van der Waals surface area contributed by atoms with E-state index in [1.54, 1.807) is 0 Å². The maximum absolute atomic E-state index is 11.5. The summed E-state index contributed by atoms with van der Waals surface area (Å²) in [5, 5.41) is 20.8. The number of aliphatic hydroxyl groups is 1. The summed E-state index contributed by atoms with van der Waals surface area (Å²) < 4.78 is -0.365. The van der Waals surface area contributed by atoms with E-state index in [4.69, 9.17) is 0 Å². The topological polar surface area (TPSA) is 46.5 Å². The molecule has 4 heteroatoms. The second-order valence-electron chi connectivity index (χ2n) is 3.18. The summed E-state index contributed by atoms with van der Waals surface area (Å²) in [6.45, 7) is 3.44. The molecule has 0 spiro atoms. The van der Waals surface area contributed by atoms with Crippen molar-refractivity contribution >= 4 is 0 Å². The van der Waals surface area contributed by atoms with Gasteiger partial charge in [0.05, 0.1) is 19.6 Å². The van der Waals surface area contributed by atoms with E-state index in [-0.39, 0.29) is 4.65 Å². The van der Waals surface area contributed by atoms with Crippen LogP contribution in [0.25, 0.3) is 0 Å². The zero-order chi connectivity index (χ0) is 7.19. The maximum atomic E-state index is 11.5. The Kier molecular flexibility index (Phi) is 1.25. The molecule has 2 bridgehead atoms. The van der Waals surface area contributed by atoms with Crippen LogP contribution < -0.4 is 0 Å². The summed E-state index contributed by atoms with van der Waals surface area (Å²) in [7, 11) is 0. The van der Waals surface area contributed by atoms with Gasteiger partial charge < -0.3 is 15.0 Å². The quantitative estimate of drug-likeness (QED) is 0.348. The highest BCUT2D eigenvalue weighted by atomic mass is 16.6. The summed E-state index contributed by atoms with van der Waals surface area (Å²) in [4.78, 5) is 2.14. The summed E-state index contributed by atoms with van der Waals surface area (Å²) in [6.07, 6.45) is -0.678. The highest BCUT2D eigenvalue weighted by molar-refractivity contribution is 4.73. The zero-order valence-electron chi connectivity index (χ0n) is 5.86. The van der Waals surface area contributed by atoms with Crippen LogP contribution in [0.5, 0.6) is 0 Å². The first-order valence-corrected chi connectivity index (χ1v) is 3.69. The summed E-state index contributed by atoms with van der Waals surface area (Å²) >= 11 is 0. The molecule has 3 saturated heterocycles. The number of quaternary nitrogens is 1. The third-order valence-electron chi connectivity index (χ3n) is 2.55. The van der Waals surface area contributed by atoms with Gasteiger partial charge in [0.2, 0.25) is 6.23 Å². The fraction of sp³-hybridized carbons (Fsp3) is 1.00. The van der Waals surface area contributed by atoms with Crippen LogP contribution >= 0.6 is 0 Å². The minimum atomic E-state index is -0.678. The molecular formula is C6H12N2O2. The lowest BCUT2D eigenvalue weighted by Crippen LogP contribution is -2.69. The van der Waals surface area contributed by atoms with E-state index in [9.17, 15) is 10.3 Å². The van der Waals surface area contributed by atoms with E-state index >= 15 is 0 Å². The van der Waals surface area contributed by atoms with E-state index in [1.807, 2.05) is 0 Å². The monoisotopic (exact) mass is 144 g/mol. The number of hydroxylamine groups is 3. The Hall–Kier alpha value is -0.160. The minimum absolute atomic E-state index is 0.365. The van der Waals surface area contributed by atoms with Gasteiger partial charge in [0.15, 0.2) is 0 Å².